The molecule has 2 aromatic heterocycles. The molecular weight excluding hydrogens is 435 g/mol. The Hall–Kier alpha value is -2.62. The first-order valence-electron chi connectivity index (χ1n) is 10.2. The Morgan fingerprint density at radius 2 is 1.94 bits per heavy atom. The number of benzene rings is 2. The molecule has 1 aliphatic carbocycles. The van der Waals surface area contributed by atoms with E-state index in [-0.39, 0.29) is 12.4 Å². The summed E-state index contributed by atoms with van der Waals surface area (Å²) in [5, 5.41) is 6.39. The Bertz CT molecular complexity index is 1360. The van der Waals surface area contributed by atoms with Gasteiger partial charge in [-0.2, -0.15) is 4.98 Å². The monoisotopic (exact) mass is 456 g/mol. The topological polar surface area (TPSA) is 76.4 Å². The van der Waals surface area contributed by atoms with Crippen molar-refractivity contribution in [1.29, 1.82) is 0 Å². The van der Waals surface area contributed by atoms with Gasteiger partial charge in [-0.1, -0.05) is 18.2 Å². The predicted molar refractivity (Wildman–Crippen MR) is 118 cm³/mol. The van der Waals surface area contributed by atoms with E-state index in [0.717, 1.165) is 36.9 Å². The van der Waals surface area contributed by atoms with Crippen molar-refractivity contribution in [1.82, 2.24) is 19.3 Å². The molecule has 0 amide bonds. The van der Waals surface area contributed by atoms with Gasteiger partial charge in [0, 0.05) is 23.9 Å². The first kappa shape index (κ1) is 20.3. The van der Waals surface area contributed by atoms with Crippen LogP contribution in [0, 0.1) is 5.82 Å². The van der Waals surface area contributed by atoms with Crippen LogP contribution in [0.3, 0.4) is 0 Å². The zero-order chi connectivity index (χ0) is 21.4. The second kappa shape index (κ2) is 8.14. The predicted octanol–water partition coefficient (Wildman–Crippen LogP) is 4.00. The van der Waals surface area contributed by atoms with Crippen LogP contribution in [0.15, 0.2) is 52.7 Å². The summed E-state index contributed by atoms with van der Waals surface area (Å²) in [5.41, 5.74) is 3.85. The van der Waals surface area contributed by atoms with E-state index in [1.54, 1.807) is 22.7 Å². The zero-order valence-corrected chi connectivity index (χ0v) is 18.3. The quantitative estimate of drug-likeness (QED) is 0.476. The highest BCUT2D eigenvalue weighted by molar-refractivity contribution is 7.89. The van der Waals surface area contributed by atoms with Crippen molar-refractivity contribution < 1.29 is 12.8 Å². The standard InChI is InChI=1S/C22H21FN4O2S2/c23-18-7-3-6-17(12-18)21-25-22-27(26-21)19(14-30-22)10-11-24-31(28,29)20-9-8-15-4-1-2-5-16(15)13-20/h3,6-9,12-14,24H,1-2,4-5,10-11H2. The van der Waals surface area contributed by atoms with Crippen molar-refractivity contribution in [2.24, 2.45) is 0 Å². The van der Waals surface area contributed by atoms with Gasteiger partial charge in [0.05, 0.1) is 10.6 Å². The molecule has 2 heterocycles. The van der Waals surface area contributed by atoms with Crippen LogP contribution in [0.1, 0.15) is 29.7 Å². The maximum Gasteiger partial charge on any atom is 0.240 e. The number of halogens is 1. The number of hydrogen-bond acceptors (Lipinski definition) is 5. The Kier molecular flexibility index (Phi) is 5.33. The summed E-state index contributed by atoms with van der Waals surface area (Å²) in [6, 6.07) is 11.6. The van der Waals surface area contributed by atoms with Crippen LogP contribution < -0.4 is 4.72 Å². The maximum absolute atomic E-state index is 13.5. The van der Waals surface area contributed by atoms with Crippen LogP contribution in [0.25, 0.3) is 16.3 Å². The number of aromatic nitrogens is 3. The van der Waals surface area contributed by atoms with Gasteiger partial charge in [0.25, 0.3) is 0 Å². The van der Waals surface area contributed by atoms with Crippen molar-refractivity contribution >= 4 is 26.3 Å². The van der Waals surface area contributed by atoms with Gasteiger partial charge >= 0.3 is 0 Å². The number of aryl methyl sites for hydroxylation is 2. The fourth-order valence-corrected chi connectivity index (χ4v) is 5.86. The lowest BCUT2D eigenvalue weighted by molar-refractivity contribution is 0.580. The van der Waals surface area contributed by atoms with Crippen LogP contribution >= 0.6 is 11.3 Å². The minimum absolute atomic E-state index is 0.250. The van der Waals surface area contributed by atoms with E-state index < -0.39 is 10.0 Å². The molecule has 4 aromatic rings. The number of nitrogens with zero attached hydrogens (tertiary/aromatic N) is 3. The molecule has 1 N–H and O–H groups in total. The molecule has 31 heavy (non-hydrogen) atoms. The Labute approximate surface area is 183 Å². The molecule has 0 unspecified atom stereocenters. The number of nitrogens with one attached hydrogen (secondary N) is 1. The van der Waals surface area contributed by atoms with Crippen molar-refractivity contribution in [2.45, 2.75) is 37.0 Å². The van der Waals surface area contributed by atoms with E-state index in [2.05, 4.69) is 14.8 Å². The summed E-state index contributed by atoms with van der Waals surface area (Å²) < 4.78 is 43.4. The summed E-state index contributed by atoms with van der Waals surface area (Å²) in [4.78, 5) is 5.46. The Balaban J connectivity index is 1.30. The van der Waals surface area contributed by atoms with Gasteiger partial charge in [0.2, 0.25) is 15.0 Å². The molecular formula is C22H21FN4O2S2. The molecule has 160 valence electrons. The summed E-state index contributed by atoms with van der Waals surface area (Å²) in [5.74, 6) is 0.106. The number of fused-ring (bicyclic) bond motifs is 2. The first-order valence-corrected chi connectivity index (χ1v) is 12.6. The average Bonchev–Trinajstić information content (AvgIpc) is 3.35. The largest absolute Gasteiger partial charge is 0.240 e. The van der Waals surface area contributed by atoms with E-state index in [0.29, 0.717) is 27.7 Å². The average molecular weight is 457 g/mol. The Morgan fingerprint density at radius 1 is 1.10 bits per heavy atom. The molecule has 0 radical (unpaired) electrons. The van der Waals surface area contributed by atoms with Gasteiger partial charge in [-0.15, -0.1) is 16.4 Å². The first-order chi connectivity index (χ1) is 15.0. The third-order valence-electron chi connectivity index (χ3n) is 5.54. The van der Waals surface area contributed by atoms with Crippen LogP contribution in [0.2, 0.25) is 0 Å². The van der Waals surface area contributed by atoms with Gasteiger partial charge in [-0.05, 0) is 61.1 Å². The van der Waals surface area contributed by atoms with E-state index in [1.807, 2.05) is 17.5 Å². The normalized spacial score (nSPS) is 14.1. The summed E-state index contributed by atoms with van der Waals surface area (Å²) in [7, 11) is -3.58. The van der Waals surface area contributed by atoms with E-state index >= 15 is 0 Å². The van der Waals surface area contributed by atoms with E-state index in [1.165, 1.54) is 29.0 Å². The number of sulfonamides is 1. The second-order valence-corrected chi connectivity index (χ2v) is 10.3. The minimum Gasteiger partial charge on any atom is -0.211 e. The van der Waals surface area contributed by atoms with Crippen molar-refractivity contribution in [3.63, 3.8) is 0 Å². The zero-order valence-electron chi connectivity index (χ0n) is 16.7. The highest BCUT2D eigenvalue weighted by Gasteiger charge is 2.18. The van der Waals surface area contributed by atoms with Gasteiger partial charge in [0.15, 0.2) is 5.82 Å². The van der Waals surface area contributed by atoms with Gasteiger partial charge in [-0.3, -0.25) is 0 Å². The molecule has 2 aromatic carbocycles. The number of rotatable bonds is 6. The SMILES string of the molecule is O=S(=O)(NCCc1csc2nc(-c3cccc(F)c3)nn12)c1ccc2c(c1)CCCC2. The molecule has 5 rings (SSSR count). The highest BCUT2D eigenvalue weighted by Crippen LogP contribution is 2.24. The highest BCUT2D eigenvalue weighted by atomic mass is 32.2. The van der Waals surface area contributed by atoms with Crippen LogP contribution in [0.5, 0.6) is 0 Å². The summed E-state index contributed by atoms with van der Waals surface area (Å²) >= 11 is 1.42. The minimum atomic E-state index is -3.58. The van der Waals surface area contributed by atoms with Gasteiger partial charge < -0.3 is 0 Å². The molecule has 0 saturated heterocycles. The number of thiazole rings is 1. The van der Waals surface area contributed by atoms with Crippen molar-refractivity contribution in [2.75, 3.05) is 6.54 Å². The molecule has 1 aliphatic rings. The lowest BCUT2D eigenvalue weighted by Crippen LogP contribution is -2.26. The van der Waals surface area contributed by atoms with E-state index in [9.17, 15) is 12.8 Å². The summed E-state index contributed by atoms with van der Waals surface area (Å²) in [6.45, 7) is 0.250. The van der Waals surface area contributed by atoms with Crippen LogP contribution in [-0.2, 0) is 29.3 Å². The molecule has 9 heteroatoms. The lowest BCUT2D eigenvalue weighted by Gasteiger charge is -2.16. The smallest absolute Gasteiger partial charge is 0.211 e. The summed E-state index contributed by atoms with van der Waals surface area (Å²) in [6.07, 6.45) is 4.69. The van der Waals surface area contributed by atoms with Crippen LogP contribution in [0.4, 0.5) is 4.39 Å². The maximum atomic E-state index is 13.5. The molecule has 0 atom stereocenters. The molecule has 0 bridgehead atoms. The third kappa shape index (κ3) is 4.13. The fraction of sp³-hybridized carbons (Fsp3) is 0.273. The van der Waals surface area contributed by atoms with Crippen LogP contribution in [-0.4, -0.2) is 29.6 Å². The molecule has 6 nitrogen and oxygen atoms in total. The van der Waals surface area contributed by atoms with E-state index in [4.69, 9.17) is 0 Å². The Morgan fingerprint density at radius 3 is 2.77 bits per heavy atom. The fourth-order valence-electron chi connectivity index (χ4n) is 3.92. The molecule has 0 saturated carbocycles. The second-order valence-electron chi connectivity index (χ2n) is 7.65. The number of hydrogen-bond donors (Lipinski definition) is 1. The van der Waals surface area contributed by atoms with Crippen molar-refractivity contribution in [3.05, 3.63) is 70.5 Å². The lowest BCUT2D eigenvalue weighted by atomic mass is 9.92. The molecule has 0 spiro atoms. The molecule has 0 aliphatic heterocycles. The van der Waals surface area contributed by atoms with Gasteiger partial charge in [-0.25, -0.2) is 22.0 Å². The molecule has 0 fully saturated rings. The van der Waals surface area contributed by atoms with Gasteiger partial charge in [0.1, 0.15) is 5.82 Å². The van der Waals surface area contributed by atoms with Crippen molar-refractivity contribution in [3.8, 4) is 11.4 Å². The third-order valence-corrected chi connectivity index (χ3v) is 7.86.